The first-order valence-corrected chi connectivity index (χ1v) is 16.9. The van der Waals surface area contributed by atoms with Crippen LogP contribution in [0.3, 0.4) is 0 Å². The van der Waals surface area contributed by atoms with E-state index in [1.807, 2.05) is 6.07 Å². The van der Waals surface area contributed by atoms with Gasteiger partial charge in [-0.15, -0.1) is 0 Å². The van der Waals surface area contributed by atoms with Crippen LogP contribution in [-0.2, 0) is 0 Å². The fraction of sp³-hybridized carbons (Fsp3) is 0. The van der Waals surface area contributed by atoms with E-state index in [-0.39, 0.29) is 0 Å². The summed E-state index contributed by atoms with van der Waals surface area (Å²) in [5.74, 6) is 0.538. The maximum absolute atomic E-state index is 6.57. The highest BCUT2D eigenvalue weighted by Gasteiger charge is 2.22. The van der Waals surface area contributed by atoms with Crippen LogP contribution < -0.4 is 0 Å². The van der Waals surface area contributed by atoms with Gasteiger partial charge >= 0.3 is 5.84 Å². The van der Waals surface area contributed by atoms with E-state index in [0.29, 0.717) is 5.84 Å². The molecule has 4 heteroatoms. The van der Waals surface area contributed by atoms with Gasteiger partial charge in [-0.25, -0.2) is 9.38 Å². The third-order valence-corrected chi connectivity index (χ3v) is 10.2. The first-order valence-electron chi connectivity index (χ1n) is 16.9. The number of benzene rings is 8. The van der Waals surface area contributed by atoms with E-state index < -0.39 is 0 Å². The molecule has 0 fully saturated rings. The minimum atomic E-state index is 0.538. The lowest BCUT2D eigenvalue weighted by molar-refractivity contribution is 0.643. The number of oxazole rings is 1. The quantitative estimate of drug-likeness (QED) is 0.181. The van der Waals surface area contributed by atoms with Gasteiger partial charge in [-0.05, 0) is 66.7 Å². The van der Waals surface area contributed by atoms with Crippen LogP contribution in [0.5, 0.6) is 0 Å². The van der Waals surface area contributed by atoms with E-state index in [2.05, 4.69) is 162 Å². The Bertz CT molecular complexity index is 3090. The molecule has 0 atom stereocenters. The molecule has 0 N–H and O–H groups in total. The van der Waals surface area contributed by atoms with Crippen molar-refractivity contribution in [3.05, 3.63) is 164 Å². The minimum Gasteiger partial charge on any atom is -0.423 e. The Morgan fingerprint density at radius 3 is 1.78 bits per heavy atom. The lowest BCUT2D eigenvalue weighted by Crippen LogP contribution is -1.92. The fourth-order valence-electron chi connectivity index (χ4n) is 8.05. The van der Waals surface area contributed by atoms with E-state index in [9.17, 15) is 0 Å². The summed E-state index contributed by atoms with van der Waals surface area (Å²) in [5, 5.41) is 9.48. The van der Waals surface area contributed by atoms with Crippen molar-refractivity contribution in [2.24, 2.45) is 0 Å². The van der Waals surface area contributed by atoms with Gasteiger partial charge in [0.25, 0.3) is 0 Å². The van der Waals surface area contributed by atoms with Crippen molar-refractivity contribution in [1.82, 2.24) is 14.4 Å². The average molecular weight is 638 g/mol. The number of nitrogens with zero attached hydrogens (tertiary/aromatic N) is 3. The van der Waals surface area contributed by atoms with Gasteiger partial charge < -0.3 is 4.42 Å². The molecule has 3 aromatic heterocycles. The molecule has 0 bridgehead atoms. The number of aromatic nitrogens is 3. The number of hydrogen-bond acceptors (Lipinski definition) is 3. The van der Waals surface area contributed by atoms with Crippen LogP contribution in [0.1, 0.15) is 0 Å². The topological polar surface area (TPSA) is 43.3 Å². The third kappa shape index (κ3) is 3.81. The summed E-state index contributed by atoms with van der Waals surface area (Å²) < 4.78 is 8.63. The zero-order valence-electron chi connectivity index (χ0n) is 26.8. The van der Waals surface area contributed by atoms with Crippen LogP contribution in [0, 0.1) is 0 Å². The van der Waals surface area contributed by atoms with Crippen LogP contribution >= 0.6 is 0 Å². The van der Waals surface area contributed by atoms with Crippen LogP contribution in [0.4, 0.5) is 0 Å². The first kappa shape index (κ1) is 27.2. The van der Waals surface area contributed by atoms with Gasteiger partial charge in [-0.1, -0.05) is 152 Å². The van der Waals surface area contributed by atoms with Crippen molar-refractivity contribution in [2.45, 2.75) is 0 Å². The zero-order chi connectivity index (χ0) is 32.8. The molecule has 0 aliphatic rings. The molecule has 0 saturated carbocycles. The van der Waals surface area contributed by atoms with Gasteiger partial charge in [0, 0.05) is 16.3 Å². The van der Waals surface area contributed by atoms with Gasteiger partial charge in [0.2, 0.25) is 0 Å². The Morgan fingerprint density at radius 2 is 1.04 bits per heavy atom. The Hall–Kier alpha value is -6.78. The summed E-state index contributed by atoms with van der Waals surface area (Å²) in [5.41, 5.74) is 10.1. The molecule has 0 saturated heterocycles. The average Bonchev–Trinajstić information content (AvgIpc) is 3.73. The molecule has 0 aliphatic carbocycles. The summed E-state index contributed by atoms with van der Waals surface area (Å²) in [4.78, 5) is 10.3. The molecular weight excluding hydrogens is 611 g/mol. The maximum Gasteiger partial charge on any atom is 0.309 e. The molecule has 0 amide bonds. The van der Waals surface area contributed by atoms with E-state index in [4.69, 9.17) is 14.4 Å². The van der Waals surface area contributed by atoms with Gasteiger partial charge in [-0.3, -0.25) is 0 Å². The highest BCUT2D eigenvalue weighted by Crippen LogP contribution is 2.46. The van der Waals surface area contributed by atoms with Crippen molar-refractivity contribution in [2.75, 3.05) is 0 Å². The molecule has 8 aromatic carbocycles. The van der Waals surface area contributed by atoms with Crippen molar-refractivity contribution >= 4 is 71.2 Å². The molecule has 3 heterocycles. The van der Waals surface area contributed by atoms with Crippen molar-refractivity contribution in [3.63, 3.8) is 0 Å². The second-order valence-electron chi connectivity index (χ2n) is 12.9. The molecule has 0 aliphatic heterocycles. The standard InChI is InChI=1S/C46H27N3O/c1-2-14-29(15-3-1)43-37-22-10-11-23-38(37)44-45(47-43)49-39-26-25-30(27-40(39)50-46(49)48-44)41-33-18-6-8-20-35(33)42(36-21-9-7-19-34(36)41)32-24-12-16-28-13-4-5-17-31(28)32/h1-27H. The SMILES string of the molecule is c1ccc(-c2nc3c(nc4oc5cc(-c6c7ccccc7c(-c7cccc8ccccc78)c7ccccc67)ccc5n43)c3ccccc23)cc1. The maximum atomic E-state index is 6.57. The van der Waals surface area contributed by atoms with Gasteiger partial charge in [0.1, 0.15) is 5.52 Å². The number of hydrogen-bond donors (Lipinski definition) is 0. The van der Waals surface area contributed by atoms with Crippen molar-refractivity contribution in [3.8, 4) is 33.5 Å². The monoisotopic (exact) mass is 637 g/mol. The molecule has 11 aromatic rings. The van der Waals surface area contributed by atoms with Crippen LogP contribution in [0.2, 0.25) is 0 Å². The summed E-state index contributed by atoms with van der Waals surface area (Å²) in [6.45, 7) is 0. The Labute approximate surface area is 286 Å². The second-order valence-corrected chi connectivity index (χ2v) is 12.9. The predicted octanol–water partition coefficient (Wildman–Crippen LogP) is 12.2. The zero-order valence-corrected chi connectivity index (χ0v) is 26.8. The van der Waals surface area contributed by atoms with Crippen molar-refractivity contribution in [1.29, 1.82) is 0 Å². The highest BCUT2D eigenvalue weighted by atomic mass is 16.4. The fourth-order valence-corrected chi connectivity index (χ4v) is 8.05. The van der Waals surface area contributed by atoms with Crippen LogP contribution in [0.15, 0.2) is 168 Å². The van der Waals surface area contributed by atoms with Gasteiger partial charge in [-0.2, -0.15) is 4.98 Å². The van der Waals surface area contributed by atoms with E-state index >= 15 is 0 Å². The first-order chi connectivity index (χ1) is 24.8. The number of pyridine rings is 1. The van der Waals surface area contributed by atoms with E-state index in [1.54, 1.807) is 0 Å². The molecule has 0 spiro atoms. The van der Waals surface area contributed by atoms with E-state index in [0.717, 1.165) is 49.9 Å². The second kappa shape index (κ2) is 10.4. The molecule has 11 rings (SSSR count). The lowest BCUT2D eigenvalue weighted by atomic mass is 9.85. The third-order valence-electron chi connectivity index (χ3n) is 10.2. The summed E-state index contributed by atoms with van der Waals surface area (Å²) in [6.07, 6.45) is 0. The Kier molecular flexibility index (Phi) is 5.63. The van der Waals surface area contributed by atoms with Gasteiger partial charge in [0.15, 0.2) is 11.2 Å². The molecule has 4 nitrogen and oxygen atoms in total. The van der Waals surface area contributed by atoms with Crippen molar-refractivity contribution < 1.29 is 4.42 Å². The van der Waals surface area contributed by atoms with Crippen LogP contribution in [-0.4, -0.2) is 14.4 Å². The Balaban J connectivity index is 1.18. The highest BCUT2D eigenvalue weighted by molar-refractivity contribution is 6.23. The molecule has 232 valence electrons. The number of rotatable bonds is 3. The van der Waals surface area contributed by atoms with Crippen LogP contribution in [0.25, 0.3) is 105 Å². The normalized spacial score (nSPS) is 12.0. The lowest BCUT2D eigenvalue weighted by Gasteiger charge is -2.18. The Morgan fingerprint density at radius 1 is 0.440 bits per heavy atom. The summed E-state index contributed by atoms with van der Waals surface area (Å²) >= 11 is 0. The molecule has 50 heavy (non-hydrogen) atoms. The molecular formula is C46H27N3O. The summed E-state index contributed by atoms with van der Waals surface area (Å²) in [6, 6.07) is 58.1. The molecule has 0 radical (unpaired) electrons. The summed E-state index contributed by atoms with van der Waals surface area (Å²) in [7, 11) is 0. The van der Waals surface area contributed by atoms with E-state index in [1.165, 1.54) is 49.0 Å². The molecule has 0 unspecified atom stereocenters. The minimum absolute atomic E-state index is 0.538. The smallest absolute Gasteiger partial charge is 0.309 e. The van der Waals surface area contributed by atoms with Gasteiger partial charge in [0.05, 0.1) is 11.2 Å². The number of imidazole rings is 1. The number of fused-ring (bicyclic) bond motifs is 10. The largest absolute Gasteiger partial charge is 0.423 e. The predicted molar refractivity (Wildman–Crippen MR) is 207 cm³/mol.